The Morgan fingerprint density at radius 2 is 2.23 bits per heavy atom. The Kier molecular flexibility index (Phi) is 1.98. The number of nitrogen functional groups attached to an aromatic ring is 1. The maximum absolute atomic E-state index is 5.66. The van der Waals surface area contributed by atoms with E-state index in [1.807, 2.05) is 35.0 Å². The van der Waals surface area contributed by atoms with Crippen LogP contribution in [0.3, 0.4) is 0 Å². The Labute approximate surface area is 81.6 Å². The lowest BCUT2D eigenvalue weighted by atomic mass is 10.3. The molecule has 0 spiro atoms. The fourth-order valence-corrected chi connectivity index (χ4v) is 1.42. The van der Waals surface area contributed by atoms with E-state index >= 15 is 0 Å². The van der Waals surface area contributed by atoms with Crippen molar-refractivity contribution in [2.24, 2.45) is 0 Å². The van der Waals surface area contributed by atoms with Crippen LogP contribution in [0.1, 0.15) is 0 Å². The first-order chi connectivity index (χ1) is 6.27. The Hall–Kier alpha value is -1.42. The van der Waals surface area contributed by atoms with Gasteiger partial charge in [-0.25, -0.2) is 4.98 Å². The van der Waals surface area contributed by atoms with Gasteiger partial charge in [0.1, 0.15) is 0 Å². The SMILES string of the molecule is Nc1cccc(-n2ccnc2S)c1. The molecule has 0 radical (unpaired) electrons. The third kappa shape index (κ3) is 1.53. The van der Waals surface area contributed by atoms with Gasteiger partial charge in [0.25, 0.3) is 0 Å². The monoisotopic (exact) mass is 191 g/mol. The smallest absolute Gasteiger partial charge is 0.169 e. The van der Waals surface area contributed by atoms with E-state index in [0.29, 0.717) is 5.16 Å². The first-order valence-electron chi connectivity index (χ1n) is 3.85. The average molecular weight is 191 g/mol. The zero-order valence-electron chi connectivity index (χ0n) is 6.88. The lowest BCUT2D eigenvalue weighted by Gasteiger charge is -2.04. The van der Waals surface area contributed by atoms with Crippen LogP contribution in [0.25, 0.3) is 5.69 Å². The van der Waals surface area contributed by atoms with E-state index in [1.54, 1.807) is 6.20 Å². The normalized spacial score (nSPS) is 10.2. The lowest BCUT2D eigenvalue weighted by Crippen LogP contribution is -1.94. The lowest BCUT2D eigenvalue weighted by molar-refractivity contribution is 0.902. The van der Waals surface area contributed by atoms with Gasteiger partial charge < -0.3 is 5.73 Å². The van der Waals surface area contributed by atoms with Crippen molar-refractivity contribution in [3.8, 4) is 5.69 Å². The highest BCUT2D eigenvalue weighted by Gasteiger charge is 1.99. The van der Waals surface area contributed by atoms with Crippen LogP contribution in [-0.2, 0) is 0 Å². The van der Waals surface area contributed by atoms with E-state index in [1.165, 1.54) is 0 Å². The van der Waals surface area contributed by atoms with Gasteiger partial charge in [-0.3, -0.25) is 4.57 Å². The highest BCUT2D eigenvalue weighted by molar-refractivity contribution is 7.80. The molecule has 0 aliphatic rings. The second kappa shape index (κ2) is 3.14. The maximum Gasteiger partial charge on any atom is 0.169 e. The molecule has 0 aliphatic carbocycles. The van der Waals surface area contributed by atoms with Crippen molar-refractivity contribution in [2.75, 3.05) is 5.73 Å². The summed E-state index contributed by atoms with van der Waals surface area (Å²) >= 11 is 4.21. The summed E-state index contributed by atoms with van der Waals surface area (Å²) in [6.45, 7) is 0. The fraction of sp³-hybridized carbons (Fsp3) is 0. The number of hydrogen-bond donors (Lipinski definition) is 2. The van der Waals surface area contributed by atoms with Gasteiger partial charge in [-0.1, -0.05) is 6.07 Å². The molecular formula is C9H9N3S. The Bertz CT molecular complexity index is 422. The van der Waals surface area contributed by atoms with Crippen LogP contribution in [0, 0.1) is 0 Å². The third-order valence-corrected chi connectivity index (χ3v) is 2.10. The van der Waals surface area contributed by atoms with Crippen LogP contribution in [0.15, 0.2) is 41.8 Å². The van der Waals surface area contributed by atoms with Crippen LogP contribution >= 0.6 is 12.6 Å². The van der Waals surface area contributed by atoms with Crippen LogP contribution in [-0.4, -0.2) is 9.55 Å². The minimum Gasteiger partial charge on any atom is -0.399 e. The molecule has 2 N–H and O–H groups in total. The molecule has 13 heavy (non-hydrogen) atoms. The molecule has 0 bridgehead atoms. The zero-order valence-corrected chi connectivity index (χ0v) is 7.78. The maximum atomic E-state index is 5.66. The molecule has 0 unspecified atom stereocenters. The fourth-order valence-electron chi connectivity index (χ4n) is 1.17. The molecule has 4 heteroatoms. The molecule has 2 rings (SSSR count). The topological polar surface area (TPSA) is 43.8 Å². The number of aromatic nitrogens is 2. The molecule has 0 atom stereocenters. The zero-order chi connectivity index (χ0) is 9.26. The summed E-state index contributed by atoms with van der Waals surface area (Å²) in [7, 11) is 0. The number of thiol groups is 1. The summed E-state index contributed by atoms with van der Waals surface area (Å²) in [5.41, 5.74) is 7.37. The van der Waals surface area contributed by atoms with Crippen molar-refractivity contribution >= 4 is 18.3 Å². The highest BCUT2D eigenvalue weighted by atomic mass is 32.1. The van der Waals surface area contributed by atoms with Crippen LogP contribution < -0.4 is 5.73 Å². The Morgan fingerprint density at radius 1 is 1.38 bits per heavy atom. The van der Waals surface area contributed by atoms with E-state index in [2.05, 4.69) is 17.6 Å². The molecule has 0 amide bonds. The van der Waals surface area contributed by atoms with Crippen LogP contribution in [0.4, 0.5) is 5.69 Å². The summed E-state index contributed by atoms with van der Waals surface area (Å²) in [6, 6.07) is 7.58. The van der Waals surface area contributed by atoms with Crippen molar-refractivity contribution in [2.45, 2.75) is 5.16 Å². The molecule has 0 aliphatic heterocycles. The third-order valence-electron chi connectivity index (χ3n) is 1.77. The first kappa shape index (κ1) is 8.19. The molecule has 1 aromatic carbocycles. The molecule has 1 aromatic heterocycles. The van der Waals surface area contributed by atoms with Gasteiger partial charge >= 0.3 is 0 Å². The predicted molar refractivity (Wildman–Crippen MR) is 55.2 cm³/mol. The quantitative estimate of drug-likeness (QED) is 0.532. The summed E-state index contributed by atoms with van der Waals surface area (Å²) in [5, 5.41) is 0.658. The molecule has 0 saturated carbocycles. The van der Waals surface area contributed by atoms with Gasteiger partial charge in [-0.05, 0) is 18.2 Å². The molecule has 66 valence electrons. The molecule has 3 nitrogen and oxygen atoms in total. The van der Waals surface area contributed by atoms with Gasteiger partial charge in [0.2, 0.25) is 0 Å². The van der Waals surface area contributed by atoms with E-state index < -0.39 is 0 Å². The van der Waals surface area contributed by atoms with Gasteiger partial charge in [0.05, 0.1) is 0 Å². The van der Waals surface area contributed by atoms with Gasteiger partial charge in [0.15, 0.2) is 5.16 Å². The molecular weight excluding hydrogens is 182 g/mol. The molecule has 0 saturated heterocycles. The molecule has 2 aromatic rings. The second-order valence-electron chi connectivity index (χ2n) is 2.69. The number of nitrogens with two attached hydrogens (primary N) is 1. The first-order valence-corrected chi connectivity index (χ1v) is 4.30. The van der Waals surface area contributed by atoms with E-state index in [9.17, 15) is 0 Å². The highest BCUT2D eigenvalue weighted by Crippen LogP contribution is 2.15. The van der Waals surface area contributed by atoms with Crippen molar-refractivity contribution < 1.29 is 0 Å². The van der Waals surface area contributed by atoms with E-state index in [0.717, 1.165) is 11.4 Å². The van der Waals surface area contributed by atoms with Crippen molar-refractivity contribution in [1.29, 1.82) is 0 Å². The summed E-state index contributed by atoms with van der Waals surface area (Å²) in [5.74, 6) is 0. The van der Waals surface area contributed by atoms with Crippen LogP contribution in [0.2, 0.25) is 0 Å². The average Bonchev–Trinajstić information content (AvgIpc) is 2.51. The minimum atomic E-state index is 0.658. The number of nitrogens with zero attached hydrogens (tertiary/aromatic N) is 2. The Balaban J connectivity index is 2.53. The second-order valence-corrected chi connectivity index (χ2v) is 3.09. The van der Waals surface area contributed by atoms with Crippen molar-refractivity contribution in [3.05, 3.63) is 36.7 Å². The van der Waals surface area contributed by atoms with Crippen molar-refractivity contribution in [3.63, 3.8) is 0 Å². The number of anilines is 1. The molecule has 0 fully saturated rings. The number of hydrogen-bond acceptors (Lipinski definition) is 3. The van der Waals surface area contributed by atoms with Gasteiger partial charge in [-0.2, -0.15) is 0 Å². The largest absolute Gasteiger partial charge is 0.399 e. The van der Waals surface area contributed by atoms with Gasteiger partial charge in [0, 0.05) is 23.8 Å². The van der Waals surface area contributed by atoms with Crippen LogP contribution in [0.5, 0.6) is 0 Å². The summed E-state index contributed by atoms with van der Waals surface area (Å²) < 4.78 is 1.86. The standard InChI is InChI=1S/C9H9N3S/c10-7-2-1-3-8(6-7)12-5-4-11-9(12)13/h1-6H,10H2,(H,11,13). The van der Waals surface area contributed by atoms with Gasteiger partial charge in [-0.15, -0.1) is 12.6 Å². The number of rotatable bonds is 1. The van der Waals surface area contributed by atoms with E-state index in [-0.39, 0.29) is 0 Å². The molecule has 1 heterocycles. The van der Waals surface area contributed by atoms with E-state index in [4.69, 9.17) is 5.73 Å². The van der Waals surface area contributed by atoms with Crippen molar-refractivity contribution in [1.82, 2.24) is 9.55 Å². The summed E-state index contributed by atoms with van der Waals surface area (Å²) in [6.07, 6.45) is 3.54. The number of imidazole rings is 1. The number of benzene rings is 1. The summed E-state index contributed by atoms with van der Waals surface area (Å²) in [4.78, 5) is 4.01. The minimum absolute atomic E-state index is 0.658. The Morgan fingerprint density at radius 3 is 2.85 bits per heavy atom. The predicted octanol–water partition coefficient (Wildman–Crippen LogP) is 1.74.